The number of nitrogens with zero attached hydrogens (tertiary/aromatic N) is 2. The zero-order valence-electron chi connectivity index (χ0n) is 19.2. The summed E-state index contributed by atoms with van der Waals surface area (Å²) >= 11 is 0. The van der Waals surface area contributed by atoms with Gasteiger partial charge in [-0.3, -0.25) is 9.59 Å². The monoisotopic (exact) mass is 527 g/mol. The lowest BCUT2D eigenvalue weighted by Gasteiger charge is -2.51. The molecule has 3 heterocycles. The summed E-state index contributed by atoms with van der Waals surface area (Å²) in [6, 6.07) is -1.53. The number of aliphatic hydroxyl groups is 2. The van der Waals surface area contributed by atoms with E-state index in [1.807, 2.05) is 6.92 Å². The fraction of sp³-hybridized carbons (Fsp3) is 0.500. The lowest BCUT2D eigenvalue weighted by atomic mass is 9.91. The molecule has 1 aromatic carbocycles. The molecule has 5 aliphatic rings. The quantitative estimate of drug-likeness (QED) is 0.522. The highest BCUT2D eigenvalue weighted by atomic mass is 19.4. The van der Waals surface area contributed by atoms with Gasteiger partial charge in [0.15, 0.2) is 18.0 Å². The molecule has 2 amide bonds. The number of benzene rings is 1. The first-order chi connectivity index (χ1) is 17.4. The molecule has 4 fully saturated rings. The maximum absolute atomic E-state index is 14.1. The Kier molecular flexibility index (Phi) is 5.16. The van der Waals surface area contributed by atoms with E-state index >= 15 is 0 Å². The fourth-order valence-electron chi connectivity index (χ4n) is 6.36. The number of amides is 2. The van der Waals surface area contributed by atoms with E-state index in [9.17, 15) is 41.8 Å². The summed E-state index contributed by atoms with van der Waals surface area (Å²) in [5.41, 5.74) is -2.00. The van der Waals surface area contributed by atoms with Crippen molar-refractivity contribution in [1.29, 1.82) is 0 Å². The standard InChI is InChI=1S/C24H22F5N3O5/c1-8-16-11-5-12(11)20(8)37-15-7-31-6-13(18(33)19(34)17(31)23(36)32(15)16)22(35)30-21(24(27,28)29)10-3-2-9(25)4-14(10)26/h2-4,6,8,11-12,15-16,18,20-21,33-34H,5,7H2,1H3,(H,30,35)/t8-,11?,12+,15?,16+,18?,20?,21+/m1/s1. The van der Waals surface area contributed by atoms with E-state index in [4.69, 9.17) is 4.74 Å². The van der Waals surface area contributed by atoms with Crippen LogP contribution in [0.3, 0.4) is 0 Å². The largest absolute Gasteiger partial charge is 0.507 e. The van der Waals surface area contributed by atoms with Crippen LogP contribution in [0.4, 0.5) is 22.0 Å². The first kappa shape index (κ1) is 24.2. The number of alkyl halides is 3. The van der Waals surface area contributed by atoms with Gasteiger partial charge in [-0.15, -0.1) is 0 Å². The normalized spacial score (nSPS) is 34.9. The van der Waals surface area contributed by atoms with Gasteiger partial charge >= 0.3 is 6.18 Å². The number of nitrogens with one attached hydrogen (secondary N) is 1. The van der Waals surface area contributed by atoms with E-state index in [0.717, 1.165) is 12.6 Å². The molecule has 6 rings (SSSR count). The van der Waals surface area contributed by atoms with E-state index in [1.54, 1.807) is 10.2 Å². The maximum atomic E-state index is 14.1. The topological polar surface area (TPSA) is 102 Å². The molecular weight excluding hydrogens is 505 g/mol. The number of carbonyl (C=O) groups is 2. The highest BCUT2D eigenvalue weighted by Crippen LogP contribution is 2.61. The minimum Gasteiger partial charge on any atom is -0.507 e. The minimum absolute atomic E-state index is 0.0108. The van der Waals surface area contributed by atoms with Crippen molar-refractivity contribution >= 4 is 11.8 Å². The van der Waals surface area contributed by atoms with Crippen molar-refractivity contribution in [2.75, 3.05) is 6.54 Å². The number of carbonyl (C=O) groups excluding carboxylic acids is 2. The van der Waals surface area contributed by atoms with Crippen LogP contribution in [0.25, 0.3) is 0 Å². The van der Waals surface area contributed by atoms with Gasteiger partial charge in [0, 0.05) is 29.8 Å². The van der Waals surface area contributed by atoms with Crippen LogP contribution in [-0.2, 0) is 14.3 Å². The summed E-state index contributed by atoms with van der Waals surface area (Å²) in [5, 5.41) is 22.9. The smallest absolute Gasteiger partial charge is 0.412 e. The molecule has 0 radical (unpaired) electrons. The maximum Gasteiger partial charge on any atom is 0.412 e. The number of ether oxygens (including phenoxy) is 1. The van der Waals surface area contributed by atoms with Crippen molar-refractivity contribution in [2.24, 2.45) is 17.8 Å². The molecule has 3 aliphatic heterocycles. The number of rotatable bonds is 3. The second kappa shape index (κ2) is 7.90. The summed E-state index contributed by atoms with van der Waals surface area (Å²) < 4.78 is 74.8. The van der Waals surface area contributed by atoms with Crippen molar-refractivity contribution in [3.05, 3.63) is 58.6 Å². The van der Waals surface area contributed by atoms with Gasteiger partial charge in [0.1, 0.15) is 23.4 Å². The molecule has 3 N–H and O–H groups in total. The number of halogens is 5. The van der Waals surface area contributed by atoms with Crippen LogP contribution in [0.1, 0.15) is 24.9 Å². The summed E-state index contributed by atoms with van der Waals surface area (Å²) in [5.74, 6) is -4.85. The van der Waals surface area contributed by atoms with Gasteiger partial charge in [0.2, 0.25) is 0 Å². The molecule has 8 atom stereocenters. The van der Waals surface area contributed by atoms with Crippen molar-refractivity contribution in [1.82, 2.24) is 15.1 Å². The van der Waals surface area contributed by atoms with E-state index in [0.29, 0.717) is 24.0 Å². The zero-order chi connectivity index (χ0) is 26.5. The molecule has 4 unspecified atom stereocenters. The first-order valence-electron chi connectivity index (χ1n) is 11.8. The molecule has 0 spiro atoms. The van der Waals surface area contributed by atoms with Crippen molar-refractivity contribution in [2.45, 2.75) is 50.0 Å². The van der Waals surface area contributed by atoms with Gasteiger partial charge in [-0.1, -0.05) is 13.0 Å². The Hall–Kier alpha value is -3.19. The van der Waals surface area contributed by atoms with Crippen molar-refractivity contribution in [3.63, 3.8) is 0 Å². The molecule has 198 valence electrons. The second-order valence-electron chi connectivity index (χ2n) is 10.2. The van der Waals surface area contributed by atoms with Crippen LogP contribution < -0.4 is 5.32 Å². The number of hydrogen-bond donors (Lipinski definition) is 3. The molecule has 0 aromatic heterocycles. The second-order valence-corrected chi connectivity index (χ2v) is 10.2. The molecule has 2 saturated heterocycles. The van der Waals surface area contributed by atoms with Gasteiger partial charge in [0.25, 0.3) is 11.8 Å². The predicted octanol–water partition coefficient (Wildman–Crippen LogP) is 2.24. The van der Waals surface area contributed by atoms with E-state index in [2.05, 4.69) is 0 Å². The highest BCUT2D eigenvalue weighted by Gasteiger charge is 2.67. The number of piperazine rings is 1. The average molecular weight is 527 g/mol. The SMILES string of the molecule is C[C@H]1C2OC3CN4C=C(C(=O)N[C@@H](c5ccc(F)cc5F)C(F)(F)F)C(O)C(O)=C4C(=O)N3[C@@H]1C1C[C@@H]12. The molecule has 13 heteroatoms. The van der Waals surface area contributed by atoms with Crippen LogP contribution in [0.2, 0.25) is 0 Å². The summed E-state index contributed by atoms with van der Waals surface area (Å²) in [6.45, 7) is 1.98. The first-order valence-corrected chi connectivity index (χ1v) is 11.8. The third kappa shape index (κ3) is 3.54. The molecule has 2 saturated carbocycles. The average Bonchev–Trinajstić information content (AvgIpc) is 3.56. The Balaban J connectivity index is 1.29. The van der Waals surface area contributed by atoms with E-state index in [-0.39, 0.29) is 36.4 Å². The molecule has 1 aromatic rings. The minimum atomic E-state index is -5.17. The van der Waals surface area contributed by atoms with Gasteiger partial charge in [-0.05, 0) is 24.3 Å². The number of fused-ring (bicyclic) bond motifs is 8. The number of aliphatic hydroxyl groups excluding tert-OH is 2. The number of hydrogen-bond acceptors (Lipinski definition) is 6. The van der Waals surface area contributed by atoms with Crippen LogP contribution in [0.15, 0.2) is 41.4 Å². The molecule has 2 bridgehead atoms. The van der Waals surface area contributed by atoms with Crippen molar-refractivity contribution < 1.29 is 46.5 Å². The lowest BCUT2D eigenvalue weighted by Crippen LogP contribution is -2.65. The Morgan fingerprint density at radius 1 is 1.24 bits per heavy atom. The summed E-state index contributed by atoms with van der Waals surface area (Å²) in [4.78, 5) is 29.0. The summed E-state index contributed by atoms with van der Waals surface area (Å²) in [6.07, 6.45) is -6.09. The third-order valence-corrected chi connectivity index (χ3v) is 8.06. The van der Waals surface area contributed by atoms with Gasteiger partial charge in [-0.2, -0.15) is 13.2 Å². The molecule has 37 heavy (non-hydrogen) atoms. The van der Waals surface area contributed by atoms with Gasteiger partial charge in [0.05, 0.1) is 18.2 Å². The van der Waals surface area contributed by atoms with Crippen LogP contribution >= 0.6 is 0 Å². The fourth-order valence-corrected chi connectivity index (χ4v) is 6.36. The Morgan fingerprint density at radius 3 is 2.65 bits per heavy atom. The lowest BCUT2D eigenvalue weighted by molar-refractivity contribution is -0.197. The highest BCUT2D eigenvalue weighted by molar-refractivity contribution is 5.99. The Labute approximate surface area is 207 Å². The van der Waals surface area contributed by atoms with Crippen LogP contribution in [0.5, 0.6) is 0 Å². The molecule has 2 aliphatic carbocycles. The zero-order valence-corrected chi connectivity index (χ0v) is 19.2. The predicted molar refractivity (Wildman–Crippen MR) is 114 cm³/mol. The Morgan fingerprint density at radius 2 is 1.97 bits per heavy atom. The van der Waals surface area contributed by atoms with E-state index in [1.165, 1.54) is 4.90 Å². The van der Waals surface area contributed by atoms with Crippen LogP contribution in [0, 0.1) is 29.4 Å². The van der Waals surface area contributed by atoms with Crippen LogP contribution in [-0.4, -0.2) is 69.0 Å². The van der Waals surface area contributed by atoms with Crippen molar-refractivity contribution in [3.8, 4) is 0 Å². The molecule has 8 nitrogen and oxygen atoms in total. The summed E-state index contributed by atoms with van der Waals surface area (Å²) in [7, 11) is 0. The Bertz CT molecular complexity index is 1270. The van der Waals surface area contributed by atoms with Gasteiger partial charge < -0.3 is 30.1 Å². The van der Waals surface area contributed by atoms with E-state index < -0.39 is 64.9 Å². The molecular formula is C24H22F5N3O5. The third-order valence-electron chi connectivity index (χ3n) is 8.06. The van der Waals surface area contributed by atoms with Gasteiger partial charge in [-0.25, -0.2) is 8.78 Å².